The molecule has 0 fully saturated rings. The fraction of sp³-hybridized carbons (Fsp3) is 0.667. The van der Waals surface area contributed by atoms with E-state index in [9.17, 15) is 9.59 Å². The molecule has 0 aromatic carbocycles. The first-order valence-corrected chi connectivity index (χ1v) is 5.21. The van der Waals surface area contributed by atoms with Crippen LogP contribution in [-0.2, 0) is 14.3 Å². The van der Waals surface area contributed by atoms with Gasteiger partial charge in [-0.15, -0.1) is 0 Å². The van der Waals surface area contributed by atoms with Gasteiger partial charge in [-0.1, -0.05) is 27.4 Å². The fourth-order valence-corrected chi connectivity index (χ4v) is 0.963. The highest BCUT2D eigenvalue weighted by molar-refractivity contribution is 6.17. The number of hydrogen-bond donors (Lipinski definition) is 0. The first-order chi connectivity index (χ1) is 6.77. The zero-order valence-corrected chi connectivity index (χ0v) is 10.2. The van der Waals surface area contributed by atoms with E-state index in [1.807, 2.05) is 13.8 Å². The molecule has 15 heavy (non-hydrogen) atoms. The van der Waals surface area contributed by atoms with E-state index in [1.165, 1.54) is 0 Å². The Labute approximate surface area is 91.5 Å². The van der Waals surface area contributed by atoms with Crippen LogP contribution in [0.1, 0.15) is 34.6 Å². The number of esters is 1. The third-order valence-corrected chi connectivity index (χ3v) is 2.30. The Balaban J connectivity index is 4.45. The van der Waals surface area contributed by atoms with E-state index >= 15 is 0 Å². The van der Waals surface area contributed by atoms with Gasteiger partial charge in [0.2, 0.25) is 0 Å². The van der Waals surface area contributed by atoms with E-state index in [0.29, 0.717) is 0 Å². The highest BCUT2D eigenvalue weighted by Crippen LogP contribution is 2.15. The van der Waals surface area contributed by atoms with Crippen molar-refractivity contribution in [1.82, 2.24) is 0 Å². The average Bonchev–Trinajstić information content (AvgIpc) is 2.13. The summed E-state index contributed by atoms with van der Waals surface area (Å²) in [5.74, 6) is -0.837. The Morgan fingerprint density at radius 2 is 1.53 bits per heavy atom. The molecule has 0 unspecified atom stereocenters. The normalized spacial score (nSPS) is 12.7. The molecule has 0 amide bonds. The van der Waals surface area contributed by atoms with Crippen molar-refractivity contribution in [3.8, 4) is 0 Å². The van der Waals surface area contributed by atoms with E-state index < -0.39 is 5.97 Å². The molecule has 0 heterocycles. The van der Waals surface area contributed by atoms with Gasteiger partial charge in [0.25, 0.3) is 0 Å². The molecule has 0 aliphatic heterocycles. The lowest BCUT2D eigenvalue weighted by Crippen LogP contribution is -2.25. The van der Waals surface area contributed by atoms with Crippen LogP contribution in [0.5, 0.6) is 0 Å². The van der Waals surface area contributed by atoms with Crippen LogP contribution in [0.25, 0.3) is 0 Å². The van der Waals surface area contributed by atoms with Crippen molar-refractivity contribution in [2.45, 2.75) is 40.7 Å². The topological polar surface area (TPSA) is 43.4 Å². The molecule has 0 radical (unpaired) electrons. The van der Waals surface area contributed by atoms with Gasteiger partial charge in [0.1, 0.15) is 0 Å². The summed E-state index contributed by atoms with van der Waals surface area (Å²) in [7, 11) is 0. The number of rotatable bonds is 5. The van der Waals surface area contributed by atoms with Crippen LogP contribution < -0.4 is 0 Å². The van der Waals surface area contributed by atoms with Gasteiger partial charge in [0.05, 0.1) is 11.7 Å². The van der Waals surface area contributed by atoms with E-state index in [4.69, 9.17) is 4.74 Å². The van der Waals surface area contributed by atoms with Gasteiger partial charge < -0.3 is 4.74 Å². The maximum atomic E-state index is 11.7. The third-order valence-electron chi connectivity index (χ3n) is 2.30. The van der Waals surface area contributed by atoms with Crippen LogP contribution in [0.4, 0.5) is 0 Å². The molecule has 0 aliphatic rings. The van der Waals surface area contributed by atoms with Crippen molar-refractivity contribution in [3.63, 3.8) is 0 Å². The molecule has 0 rings (SSSR count). The summed E-state index contributed by atoms with van der Waals surface area (Å²) in [6.07, 6.45) is -0.226. The zero-order valence-electron chi connectivity index (χ0n) is 10.2. The smallest absolute Gasteiger partial charge is 0.341 e. The van der Waals surface area contributed by atoms with Crippen molar-refractivity contribution in [1.29, 1.82) is 0 Å². The van der Waals surface area contributed by atoms with Gasteiger partial charge in [-0.3, -0.25) is 4.79 Å². The predicted octanol–water partition coefficient (Wildman–Crippen LogP) is 2.36. The quantitative estimate of drug-likeness (QED) is 0.304. The molecule has 0 bridgehead atoms. The lowest BCUT2D eigenvalue weighted by atomic mass is 9.90. The Hall–Kier alpha value is -1.12. The number of carbonyl (C=O) groups excluding carboxylic acids is 2. The van der Waals surface area contributed by atoms with Gasteiger partial charge in [-0.05, 0) is 19.8 Å². The van der Waals surface area contributed by atoms with Crippen molar-refractivity contribution < 1.29 is 14.3 Å². The summed E-state index contributed by atoms with van der Waals surface area (Å²) in [5, 5.41) is 0. The highest BCUT2D eigenvalue weighted by atomic mass is 16.5. The van der Waals surface area contributed by atoms with Crippen LogP contribution in [-0.4, -0.2) is 17.9 Å². The molecule has 0 saturated carbocycles. The van der Waals surface area contributed by atoms with E-state index in [0.717, 1.165) is 0 Å². The Morgan fingerprint density at radius 3 is 1.87 bits per heavy atom. The third kappa shape index (κ3) is 4.28. The molecule has 0 saturated heterocycles. The van der Waals surface area contributed by atoms with E-state index in [-0.39, 0.29) is 29.3 Å². The standard InChI is InChI=1S/C12H20O3/c1-7(2)9(5)11(13)10(6)12(14)15-8(3)4/h7-9H,6H2,1-5H3/t9-/m1/s1. The maximum absolute atomic E-state index is 11.7. The summed E-state index contributed by atoms with van der Waals surface area (Å²) in [5.41, 5.74) is -0.0510. The van der Waals surface area contributed by atoms with E-state index in [2.05, 4.69) is 6.58 Å². The summed E-state index contributed by atoms with van der Waals surface area (Å²) in [6.45, 7) is 12.6. The Bertz CT molecular complexity index is 264. The van der Waals surface area contributed by atoms with Gasteiger partial charge in [-0.25, -0.2) is 4.79 Å². The van der Waals surface area contributed by atoms with Gasteiger partial charge in [0, 0.05) is 5.92 Å². The fourth-order valence-electron chi connectivity index (χ4n) is 0.963. The van der Waals surface area contributed by atoms with Crippen molar-refractivity contribution >= 4 is 11.8 Å². The Kier molecular flexibility index (Phi) is 5.26. The predicted molar refractivity (Wildman–Crippen MR) is 59.4 cm³/mol. The second-order valence-corrected chi connectivity index (χ2v) is 4.33. The monoisotopic (exact) mass is 212 g/mol. The SMILES string of the molecule is C=C(C(=O)OC(C)C)C(=O)[C@H](C)C(C)C. The molecule has 0 aromatic rings. The second-order valence-electron chi connectivity index (χ2n) is 4.33. The summed E-state index contributed by atoms with van der Waals surface area (Å²) >= 11 is 0. The molecule has 0 aliphatic carbocycles. The largest absolute Gasteiger partial charge is 0.459 e. The van der Waals surface area contributed by atoms with Crippen LogP contribution in [0, 0.1) is 11.8 Å². The molecule has 0 aromatic heterocycles. The summed E-state index contributed by atoms with van der Waals surface area (Å²) in [6, 6.07) is 0. The van der Waals surface area contributed by atoms with Crippen molar-refractivity contribution in [2.24, 2.45) is 11.8 Å². The number of ketones is 1. The molecule has 1 atom stereocenters. The minimum Gasteiger partial charge on any atom is -0.459 e. The number of ether oxygens (including phenoxy) is 1. The first-order valence-electron chi connectivity index (χ1n) is 5.21. The van der Waals surface area contributed by atoms with Crippen LogP contribution in [0.3, 0.4) is 0 Å². The summed E-state index contributed by atoms with van der Waals surface area (Å²) in [4.78, 5) is 23.1. The van der Waals surface area contributed by atoms with E-state index in [1.54, 1.807) is 20.8 Å². The highest BCUT2D eigenvalue weighted by Gasteiger charge is 2.25. The number of hydrogen-bond acceptors (Lipinski definition) is 3. The van der Waals surface area contributed by atoms with Crippen LogP contribution in [0.15, 0.2) is 12.2 Å². The summed E-state index contributed by atoms with van der Waals surface area (Å²) < 4.78 is 4.90. The lowest BCUT2D eigenvalue weighted by molar-refractivity contribution is -0.144. The minimum absolute atomic E-state index is 0.0510. The maximum Gasteiger partial charge on any atom is 0.341 e. The number of carbonyl (C=O) groups is 2. The van der Waals surface area contributed by atoms with Crippen molar-refractivity contribution in [2.75, 3.05) is 0 Å². The zero-order chi connectivity index (χ0) is 12.2. The minimum atomic E-state index is -0.609. The molecule has 86 valence electrons. The molecule has 0 N–H and O–H groups in total. The molecule has 3 nitrogen and oxygen atoms in total. The van der Waals surface area contributed by atoms with Crippen LogP contribution >= 0.6 is 0 Å². The Morgan fingerprint density at radius 1 is 1.07 bits per heavy atom. The first kappa shape index (κ1) is 13.9. The van der Waals surface area contributed by atoms with Gasteiger partial charge >= 0.3 is 5.97 Å². The molecule has 3 heteroatoms. The van der Waals surface area contributed by atoms with Gasteiger partial charge in [-0.2, -0.15) is 0 Å². The number of Topliss-reactive ketones (excluding diaryl/α,β-unsaturated/α-hetero) is 1. The second kappa shape index (κ2) is 5.69. The van der Waals surface area contributed by atoms with Crippen LogP contribution in [0.2, 0.25) is 0 Å². The average molecular weight is 212 g/mol. The van der Waals surface area contributed by atoms with Gasteiger partial charge in [0.15, 0.2) is 5.78 Å². The molecule has 0 spiro atoms. The lowest BCUT2D eigenvalue weighted by Gasteiger charge is -2.15. The van der Waals surface area contributed by atoms with Crippen molar-refractivity contribution in [3.05, 3.63) is 12.2 Å². The molecular weight excluding hydrogens is 192 g/mol. The molecular formula is C12H20O3.